The van der Waals surface area contributed by atoms with Gasteiger partial charge < -0.3 is 0 Å². The molecular formula is C16H9BrClNOS2. The molecule has 2 aromatic carbocycles. The van der Waals surface area contributed by atoms with Gasteiger partial charge >= 0.3 is 0 Å². The Morgan fingerprint density at radius 1 is 1.18 bits per heavy atom. The summed E-state index contributed by atoms with van der Waals surface area (Å²) in [5.74, 6) is -0.108. The number of carbonyl (C=O) groups is 1. The molecule has 0 spiro atoms. The second-order valence-corrected chi connectivity index (χ2v) is 7.58. The molecule has 2 nitrogen and oxygen atoms in total. The van der Waals surface area contributed by atoms with Gasteiger partial charge in [-0.2, -0.15) is 0 Å². The highest BCUT2D eigenvalue weighted by Crippen LogP contribution is 2.36. The number of rotatable bonds is 2. The van der Waals surface area contributed by atoms with E-state index in [9.17, 15) is 4.79 Å². The van der Waals surface area contributed by atoms with E-state index in [1.54, 1.807) is 17.0 Å². The Hall–Kier alpha value is -1.14. The molecule has 2 aromatic rings. The third kappa shape index (κ3) is 3.27. The van der Waals surface area contributed by atoms with E-state index in [4.69, 9.17) is 23.8 Å². The molecule has 1 saturated heterocycles. The number of nitrogens with zero attached hydrogens (tertiary/aromatic N) is 1. The average Bonchev–Trinajstić information content (AvgIpc) is 2.76. The third-order valence-electron chi connectivity index (χ3n) is 3.03. The SMILES string of the molecule is O=C1C(=Cc2ccc(Cl)cc2)SC(=S)N1c1cccc(Br)c1. The van der Waals surface area contributed by atoms with Crippen molar-refractivity contribution < 1.29 is 4.79 Å². The Morgan fingerprint density at radius 3 is 2.59 bits per heavy atom. The van der Waals surface area contributed by atoms with E-state index < -0.39 is 0 Å². The molecule has 1 fully saturated rings. The summed E-state index contributed by atoms with van der Waals surface area (Å²) in [6.07, 6.45) is 1.83. The van der Waals surface area contributed by atoms with Crippen LogP contribution in [0.5, 0.6) is 0 Å². The maximum Gasteiger partial charge on any atom is 0.270 e. The van der Waals surface area contributed by atoms with Crippen LogP contribution in [0.3, 0.4) is 0 Å². The van der Waals surface area contributed by atoms with E-state index in [1.165, 1.54) is 11.8 Å². The lowest BCUT2D eigenvalue weighted by atomic mass is 10.2. The van der Waals surface area contributed by atoms with Gasteiger partial charge in [0.25, 0.3) is 5.91 Å². The van der Waals surface area contributed by atoms with Crippen LogP contribution in [0.15, 0.2) is 57.9 Å². The normalized spacial score (nSPS) is 16.6. The van der Waals surface area contributed by atoms with Crippen LogP contribution in [0.4, 0.5) is 5.69 Å². The minimum atomic E-state index is -0.108. The first kappa shape index (κ1) is 15.7. The predicted molar refractivity (Wildman–Crippen MR) is 101 cm³/mol. The molecule has 110 valence electrons. The topological polar surface area (TPSA) is 20.3 Å². The summed E-state index contributed by atoms with van der Waals surface area (Å²) in [5, 5.41) is 0.666. The van der Waals surface area contributed by atoms with E-state index in [2.05, 4.69) is 15.9 Å². The lowest BCUT2D eigenvalue weighted by Gasteiger charge is -2.14. The lowest BCUT2D eigenvalue weighted by molar-refractivity contribution is -0.113. The largest absolute Gasteiger partial charge is 0.270 e. The molecule has 0 radical (unpaired) electrons. The van der Waals surface area contributed by atoms with E-state index in [0.29, 0.717) is 14.2 Å². The van der Waals surface area contributed by atoms with Gasteiger partial charge in [0.1, 0.15) is 0 Å². The van der Waals surface area contributed by atoms with Crippen molar-refractivity contribution in [2.24, 2.45) is 0 Å². The summed E-state index contributed by atoms with van der Waals surface area (Å²) in [6, 6.07) is 14.8. The number of halogens is 2. The van der Waals surface area contributed by atoms with Gasteiger partial charge in [0.15, 0.2) is 4.32 Å². The molecule has 0 bridgehead atoms. The predicted octanol–water partition coefficient (Wildman–Crippen LogP) is 5.51. The van der Waals surface area contributed by atoms with Crippen LogP contribution in [0.2, 0.25) is 5.02 Å². The summed E-state index contributed by atoms with van der Waals surface area (Å²) in [7, 11) is 0. The highest BCUT2D eigenvalue weighted by atomic mass is 79.9. The summed E-state index contributed by atoms with van der Waals surface area (Å²) in [5.41, 5.74) is 1.68. The van der Waals surface area contributed by atoms with Gasteiger partial charge in [0.05, 0.1) is 10.6 Å². The fourth-order valence-corrected chi connectivity index (χ4v) is 3.83. The standard InChI is InChI=1S/C16H9BrClNOS2/c17-11-2-1-3-13(9-11)19-15(20)14(22-16(19)21)8-10-4-6-12(18)7-5-10/h1-9H. The van der Waals surface area contributed by atoms with Gasteiger partial charge in [-0.25, -0.2) is 0 Å². The average molecular weight is 411 g/mol. The first-order chi connectivity index (χ1) is 10.5. The zero-order valence-electron chi connectivity index (χ0n) is 11.1. The number of benzene rings is 2. The Kier molecular flexibility index (Phi) is 4.68. The third-order valence-corrected chi connectivity index (χ3v) is 5.08. The van der Waals surface area contributed by atoms with Crippen LogP contribution in [-0.2, 0) is 4.79 Å². The minimum absolute atomic E-state index is 0.108. The molecule has 0 saturated carbocycles. The van der Waals surface area contributed by atoms with Crippen molar-refractivity contribution in [3.63, 3.8) is 0 Å². The fourth-order valence-electron chi connectivity index (χ4n) is 2.02. The molecule has 22 heavy (non-hydrogen) atoms. The molecule has 1 amide bonds. The van der Waals surface area contributed by atoms with Gasteiger partial charge in [-0.3, -0.25) is 9.69 Å². The molecule has 0 aromatic heterocycles. The molecule has 0 unspecified atom stereocenters. The fraction of sp³-hybridized carbons (Fsp3) is 0. The Balaban J connectivity index is 1.93. The van der Waals surface area contributed by atoms with Crippen LogP contribution in [0.25, 0.3) is 6.08 Å². The van der Waals surface area contributed by atoms with E-state index in [0.717, 1.165) is 15.7 Å². The number of carbonyl (C=O) groups excluding carboxylic acids is 1. The summed E-state index contributed by atoms with van der Waals surface area (Å²) in [4.78, 5) is 14.8. The zero-order chi connectivity index (χ0) is 15.7. The smallest absolute Gasteiger partial charge is 0.268 e. The number of thiocarbonyl (C=S) groups is 1. The molecule has 3 rings (SSSR count). The van der Waals surface area contributed by atoms with Crippen molar-refractivity contribution in [1.29, 1.82) is 0 Å². The van der Waals surface area contributed by atoms with Crippen molar-refractivity contribution in [2.75, 3.05) is 4.90 Å². The van der Waals surface area contributed by atoms with Crippen LogP contribution < -0.4 is 4.90 Å². The molecule has 0 N–H and O–H groups in total. The second-order valence-electron chi connectivity index (χ2n) is 4.55. The zero-order valence-corrected chi connectivity index (χ0v) is 15.1. The van der Waals surface area contributed by atoms with Gasteiger partial charge in [0.2, 0.25) is 0 Å². The van der Waals surface area contributed by atoms with Crippen molar-refractivity contribution >= 4 is 73.5 Å². The number of thioether (sulfide) groups is 1. The second kappa shape index (κ2) is 6.54. The molecule has 0 atom stereocenters. The highest BCUT2D eigenvalue weighted by Gasteiger charge is 2.33. The number of anilines is 1. The van der Waals surface area contributed by atoms with E-state index >= 15 is 0 Å². The number of hydrogen-bond donors (Lipinski definition) is 0. The molecular weight excluding hydrogens is 402 g/mol. The maximum absolute atomic E-state index is 12.6. The van der Waals surface area contributed by atoms with Gasteiger partial charge in [-0.1, -0.05) is 69.7 Å². The number of hydrogen-bond acceptors (Lipinski definition) is 3. The maximum atomic E-state index is 12.6. The Labute approximate surface area is 151 Å². The summed E-state index contributed by atoms with van der Waals surface area (Å²) < 4.78 is 1.43. The van der Waals surface area contributed by atoms with Gasteiger partial charge in [0, 0.05) is 9.50 Å². The molecule has 6 heteroatoms. The van der Waals surface area contributed by atoms with Crippen LogP contribution >= 0.6 is 51.5 Å². The Morgan fingerprint density at radius 2 is 1.91 bits per heavy atom. The summed E-state index contributed by atoms with van der Waals surface area (Å²) in [6.45, 7) is 0. The van der Waals surface area contributed by atoms with Crippen molar-refractivity contribution in [1.82, 2.24) is 0 Å². The van der Waals surface area contributed by atoms with Crippen LogP contribution in [0, 0.1) is 0 Å². The highest BCUT2D eigenvalue weighted by molar-refractivity contribution is 9.10. The van der Waals surface area contributed by atoms with Gasteiger partial charge in [-0.15, -0.1) is 0 Å². The molecule has 1 heterocycles. The molecule has 1 aliphatic rings. The van der Waals surface area contributed by atoms with Crippen molar-refractivity contribution in [3.8, 4) is 0 Å². The van der Waals surface area contributed by atoms with Crippen molar-refractivity contribution in [2.45, 2.75) is 0 Å². The quantitative estimate of drug-likeness (QED) is 0.481. The Bertz CT molecular complexity index is 789. The van der Waals surface area contributed by atoms with Crippen molar-refractivity contribution in [3.05, 3.63) is 68.5 Å². The van der Waals surface area contributed by atoms with Gasteiger partial charge in [-0.05, 0) is 42.0 Å². The summed E-state index contributed by atoms with van der Waals surface area (Å²) >= 11 is 15.9. The van der Waals surface area contributed by atoms with Crippen LogP contribution in [-0.4, -0.2) is 10.2 Å². The molecule has 0 aliphatic carbocycles. The van der Waals surface area contributed by atoms with E-state index in [1.807, 2.05) is 42.5 Å². The lowest BCUT2D eigenvalue weighted by Crippen LogP contribution is -2.27. The number of amides is 1. The first-order valence-corrected chi connectivity index (χ1v) is 8.73. The van der Waals surface area contributed by atoms with E-state index in [-0.39, 0.29) is 5.91 Å². The minimum Gasteiger partial charge on any atom is -0.268 e. The van der Waals surface area contributed by atoms with Crippen LogP contribution in [0.1, 0.15) is 5.56 Å². The first-order valence-electron chi connectivity index (χ1n) is 6.34. The molecule has 1 aliphatic heterocycles. The monoisotopic (exact) mass is 409 g/mol.